The Morgan fingerprint density at radius 1 is 1.41 bits per heavy atom. The number of carbonyl (C=O) groups is 1. The van der Waals surface area contributed by atoms with Crippen LogP contribution >= 0.6 is 0 Å². The smallest absolute Gasteiger partial charge is 0.131 e. The highest BCUT2D eigenvalue weighted by atomic mass is 16.5. The van der Waals surface area contributed by atoms with Crippen LogP contribution in [0, 0.1) is 0 Å². The van der Waals surface area contributed by atoms with Gasteiger partial charge in [-0.25, -0.2) is 0 Å². The number of hydrogen-bond acceptors (Lipinski definition) is 3. The van der Waals surface area contributed by atoms with Crippen LogP contribution in [-0.2, 0) is 9.53 Å². The van der Waals surface area contributed by atoms with E-state index in [2.05, 4.69) is 39.8 Å². The molecule has 1 aliphatic rings. The summed E-state index contributed by atoms with van der Waals surface area (Å²) in [5.41, 5.74) is -0.0783. The second kappa shape index (κ2) is 5.07. The summed E-state index contributed by atoms with van der Waals surface area (Å²) in [6.07, 6.45) is 4.01. The molecule has 17 heavy (non-hydrogen) atoms. The minimum Gasteiger partial charge on any atom is -0.373 e. The van der Waals surface area contributed by atoms with Gasteiger partial charge in [0.1, 0.15) is 5.78 Å². The molecule has 1 fully saturated rings. The topological polar surface area (TPSA) is 29.5 Å². The van der Waals surface area contributed by atoms with Crippen molar-refractivity contribution in [3.63, 3.8) is 0 Å². The van der Waals surface area contributed by atoms with Crippen LogP contribution in [0.4, 0.5) is 0 Å². The van der Waals surface area contributed by atoms with Gasteiger partial charge in [0.05, 0.1) is 11.7 Å². The molecule has 0 N–H and O–H groups in total. The molecule has 0 aliphatic heterocycles. The third-order valence-electron chi connectivity index (χ3n) is 3.59. The first kappa shape index (κ1) is 14.7. The van der Waals surface area contributed by atoms with E-state index < -0.39 is 0 Å². The van der Waals surface area contributed by atoms with Gasteiger partial charge in [0.25, 0.3) is 0 Å². The average molecular weight is 241 g/mol. The van der Waals surface area contributed by atoms with Gasteiger partial charge in [-0.05, 0) is 61.1 Å². The Balaban J connectivity index is 2.69. The van der Waals surface area contributed by atoms with Gasteiger partial charge >= 0.3 is 0 Å². The first-order valence-electron chi connectivity index (χ1n) is 6.49. The van der Waals surface area contributed by atoms with Gasteiger partial charge in [-0.2, -0.15) is 0 Å². The Hall–Kier alpha value is -0.410. The van der Waals surface area contributed by atoms with Crippen molar-refractivity contribution in [1.29, 1.82) is 0 Å². The molecule has 2 unspecified atom stereocenters. The van der Waals surface area contributed by atoms with Crippen molar-refractivity contribution >= 4 is 5.78 Å². The molecule has 0 saturated heterocycles. The monoisotopic (exact) mass is 241 g/mol. The van der Waals surface area contributed by atoms with Crippen molar-refractivity contribution in [2.45, 2.75) is 70.6 Å². The number of Topliss-reactive ketones (excluding diaryl/α,β-unsaturated/α-hetero) is 1. The first-order valence-corrected chi connectivity index (χ1v) is 6.49. The number of rotatable bonds is 4. The zero-order valence-electron chi connectivity index (χ0n) is 12.2. The van der Waals surface area contributed by atoms with E-state index in [9.17, 15) is 4.79 Å². The van der Waals surface area contributed by atoms with Gasteiger partial charge in [-0.3, -0.25) is 4.79 Å². The summed E-state index contributed by atoms with van der Waals surface area (Å²) in [6, 6.07) is 0. The van der Waals surface area contributed by atoms with E-state index in [1.165, 1.54) is 0 Å². The van der Waals surface area contributed by atoms with Crippen molar-refractivity contribution in [3.05, 3.63) is 0 Å². The van der Waals surface area contributed by atoms with Gasteiger partial charge < -0.3 is 9.64 Å². The Morgan fingerprint density at radius 2 is 2.00 bits per heavy atom. The van der Waals surface area contributed by atoms with E-state index in [0.717, 1.165) is 19.3 Å². The minimum absolute atomic E-state index is 0.0156. The molecule has 3 heteroatoms. The molecule has 1 saturated carbocycles. The molecule has 3 nitrogen and oxygen atoms in total. The van der Waals surface area contributed by atoms with Crippen LogP contribution in [0.5, 0.6) is 0 Å². The lowest BCUT2D eigenvalue weighted by Gasteiger charge is -2.36. The standard InChI is InChI=1S/C14H27NO2/c1-11(16)9-14(15(5)6)8-7-12(10-14)17-13(2,3)4/h12H,7-10H2,1-6H3. The number of ketones is 1. The summed E-state index contributed by atoms with van der Waals surface area (Å²) < 4.78 is 6.05. The van der Waals surface area contributed by atoms with Gasteiger partial charge in [0.15, 0.2) is 0 Å². The largest absolute Gasteiger partial charge is 0.373 e. The molecular weight excluding hydrogens is 214 g/mol. The van der Waals surface area contributed by atoms with E-state index in [-0.39, 0.29) is 23.0 Å². The lowest BCUT2D eigenvalue weighted by molar-refractivity contribution is -0.120. The predicted octanol–water partition coefficient (Wildman–Crippen LogP) is 2.63. The van der Waals surface area contributed by atoms with Crippen LogP contribution in [0.1, 0.15) is 53.4 Å². The second-order valence-electron chi connectivity index (χ2n) is 6.59. The van der Waals surface area contributed by atoms with Gasteiger partial charge in [-0.15, -0.1) is 0 Å². The predicted molar refractivity (Wildman–Crippen MR) is 70.2 cm³/mol. The zero-order chi connectivity index (χ0) is 13.3. The van der Waals surface area contributed by atoms with Crippen LogP contribution in [0.3, 0.4) is 0 Å². The highest BCUT2D eigenvalue weighted by molar-refractivity contribution is 5.76. The minimum atomic E-state index is -0.0940. The van der Waals surface area contributed by atoms with Gasteiger partial charge in [0, 0.05) is 12.0 Å². The Bertz CT molecular complexity index is 280. The number of ether oxygens (including phenoxy) is 1. The molecule has 0 spiro atoms. The molecule has 0 aromatic carbocycles. The Morgan fingerprint density at radius 3 is 2.41 bits per heavy atom. The molecule has 1 aliphatic carbocycles. The third kappa shape index (κ3) is 4.07. The average Bonchev–Trinajstić information content (AvgIpc) is 2.45. The normalized spacial score (nSPS) is 29.9. The lowest BCUT2D eigenvalue weighted by Crippen LogP contribution is -2.44. The quantitative estimate of drug-likeness (QED) is 0.758. The zero-order valence-corrected chi connectivity index (χ0v) is 12.2. The molecular formula is C14H27NO2. The molecule has 0 bridgehead atoms. The number of hydrogen-bond donors (Lipinski definition) is 0. The van der Waals surface area contributed by atoms with Crippen molar-refractivity contribution < 1.29 is 9.53 Å². The van der Waals surface area contributed by atoms with Crippen molar-refractivity contribution in [2.75, 3.05) is 14.1 Å². The van der Waals surface area contributed by atoms with Crippen LogP contribution in [0.2, 0.25) is 0 Å². The van der Waals surface area contributed by atoms with Crippen LogP contribution < -0.4 is 0 Å². The second-order valence-corrected chi connectivity index (χ2v) is 6.59. The maximum atomic E-state index is 11.4. The van der Waals surface area contributed by atoms with E-state index in [1.54, 1.807) is 6.92 Å². The van der Waals surface area contributed by atoms with Crippen molar-refractivity contribution in [2.24, 2.45) is 0 Å². The maximum absolute atomic E-state index is 11.4. The number of nitrogens with zero attached hydrogens (tertiary/aromatic N) is 1. The van der Waals surface area contributed by atoms with Crippen molar-refractivity contribution in [3.8, 4) is 0 Å². The first-order chi connectivity index (χ1) is 7.65. The highest BCUT2D eigenvalue weighted by Gasteiger charge is 2.43. The lowest BCUT2D eigenvalue weighted by atomic mass is 9.90. The maximum Gasteiger partial charge on any atom is 0.131 e. The summed E-state index contributed by atoms with van der Waals surface area (Å²) in [4.78, 5) is 13.6. The SMILES string of the molecule is CC(=O)CC1(N(C)C)CCC(OC(C)(C)C)C1. The van der Waals surface area contributed by atoms with Gasteiger partial charge in [0.2, 0.25) is 0 Å². The molecule has 0 aromatic rings. The Labute approximate surface area is 106 Å². The molecule has 1 rings (SSSR count). The van der Waals surface area contributed by atoms with E-state index in [1.807, 2.05) is 0 Å². The summed E-state index contributed by atoms with van der Waals surface area (Å²) in [6.45, 7) is 7.96. The van der Waals surface area contributed by atoms with Crippen LogP contribution in [0.15, 0.2) is 0 Å². The summed E-state index contributed by atoms with van der Waals surface area (Å²) in [5.74, 6) is 0.273. The van der Waals surface area contributed by atoms with E-state index in [0.29, 0.717) is 6.42 Å². The molecule has 2 atom stereocenters. The Kier molecular flexibility index (Phi) is 4.37. The fourth-order valence-corrected chi connectivity index (χ4v) is 2.85. The van der Waals surface area contributed by atoms with Crippen molar-refractivity contribution in [1.82, 2.24) is 4.90 Å². The molecule has 0 heterocycles. The summed E-state index contributed by atoms with van der Waals surface area (Å²) >= 11 is 0. The fourth-order valence-electron chi connectivity index (χ4n) is 2.85. The highest BCUT2D eigenvalue weighted by Crippen LogP contribution is 2.39. The van der Waals surface area contributed by atoms with Gasteiger partial charge in [-0.1, -0.05) is 0 Å². The summed E-state index contributed by atoms with van der Waals surface area (Å²) in [7, 11) is 4.14. The van der Waals surface area contributed by atoms with Crippen LogP contribution in [0.25, 0.3) is 0 Å². The number of carbonyl (C=O) groups excluding carboxylic acids is 1. The van der Waals surface area contributed by atoms with Crippen LogP contribution in [-0.4, -0.2) is 42.0 Å². The molecule has 0 aromatic heterocycles. The fraction of sp³-hybridized carbons (Fsp3) is 0.929. The third-order valence-corrected chi connectivity index (χ3v) is 3.59. The summed E-state index contributed by atoms with van der Waals surface area (Å²) in [5, 5.41) is 0. The molecule has 0 radical (unpaired) electrons. The molecule has 0 amide bonds. The molecule has 100 valence electrons. The van der Waals surface area contributed by atoms with E-state index in [4.69, 9.17) is 4.74 Å². The van der Waals surface area contributed by atoms with E-state index >= 15 is 0 Å².